The molecule has 0 atom stereocenters. The SMILES string of the molecule is CCOC(=O)N1CCN(C(=O)CN(C)S(=O)(=O)c2ccc(OCC)c(C)c2)CC1. The molecule has 0 N–H and O–H groups in total. The van der Waals surface area contributed by atoms with Crippen LogP contribution in [0.15, 0.2) is 23.1 Å². The smallest absolute Gasteiger partial charge is 0.409 e. The van der Waals surface area contributed by atoms with Crippen LogP contribution in [0, 0.1) is 6.92 Å². The van der Waals surface area contributed by atoms with Gasteiger partial charge in [-0.1, -0.05) is 0 Å². The van der Waals surface area contributed by atoms with Crippen molar-refractivity contribution >= 4 is 22.0 Å². The molecule has 162 valence electrons. The van der Waals surface area contributed by atoms with Gasteiger partial charge in [-0.25, -0.2) is 13.2 Å². The van der Waals surface area contributed by atoms with Gasteiger partial charge < -0.3 is 19.3 Å². The highest BCUT2D eigenvalue weighted by molar-refractivity contribution is 7.89. The quantitative estimate of drug-likeness (QED) is 0.651. The Morgan fingerprint density at radius 3 is 2.24 bits per heavy atom. The predicted molar refractivity (Wildman–Crippen MR) is 107 cm³/mol. The third-order valence-corrected chi connectivity index (χ3v) is 6.47. The molecule has 1 aliphatic rings. The van der Waals surface area contributed by atoms with E-state index in [1.54, 1.807) is 30.9 Å². The normalized spacial score (nSPS) is 14.8. The molecule has 1 saturated heterocycles. The van der Waals surface area contributed by atoms with Crippen molar-refractivity contribution in [3.63, 3.8) is 0 Å². The fraction of sp³-hybridized carbons (Fsp3) is 0.579. The number of nitrogens with zero attached hydrogens (tertiary/aromatic N) is 3. The number of amides is 2. The van der Waals surface area contributed by atoms with Crippen LogP contribution in [0.2, 0.25) is 0 Å². The second kappa shape index (κ2) is 9.93. The first-order chi connectivity index (χ1) is 13.7. The summed E-state index contributed by atoms with van der Waals surface area (Å²) in [5.41, 5.74) is 0.711. The highest BCUT2D eigenvalue weighted by atomic mass is 32.2. The molecule has 2 rings (SSSR count). The molecule has 1 aromatic carbocycles. The van der Waals surface area contributed by atoms with E-state index in [2.05, 4.69) is 0 Å². The highest BCUT2D eigenvalue weighted by Gasteiger charge is 2.29. The van der Waals surface area contributed by atoms with Crippen molar-refractivity contribution in [2.75, 3.05) is 53.0 Å². The molecule has 1 aliphatic heterocycles. The van der Waals surface area contributed by atoms with Gasteiger partial charge in [-0.3, -0.25) is 4.79 Å². The first-order valence-electron chi connectivity index (χ1n) is 9.60. The Morgan fingerprint density at radius 1 is 1.07 bits per heavy atom. The Hall–Kier alpha value is -2.33. The Balaban J connectivity index is 1.98. The Labute approximate surface area is 172 Å². The summed E-state index contributed by atoms with van der Waals surface area (Å²) in [6, 6.07) is 4.64. The van der Waals surface area contributed by atoms with Gasteiger partial charge in [0.2, 0.25) is 15.9 Å². The zero-order valence-corrected chi connectivity index (χ0v) is 18.2. The molecular formula is C19H29N3O6S. The van der Waals surface area contributed by atoms with Gasteiger partial charge in [0.25, 0.3) is 0 Å². The third kappa shape index (κ3) is 5.60. The van der Waals surface area contributed by atoms with Gasteiger partial charge in [-0.15, -0.1) is 0 Å². The molecule has 9 nitrogen and oxygen atoms in total. The Kier molecular flexibility index (Phi) is 7.86. The molecular weight excluding hydrogens is 398 g/mol. The van der Waals surface area contributed by atoms with E-state index >= 15 is 0 Å². The lowest BCUT2D eigenvalue weighted by molar-refractivity contribution is -0.132. The molecule has 0 saturated carbocycles. The number of sulfonamides is 1. The van der Waals surface area contributed by atoms with E-state index in [9.17, 15) is 18.0 Å². The zero-order valence-electron chi connectivity index (χ0n) is 17.4. The summed E-state index contributed by atoms with van der Waals surface area (Å²) < 4.78 is 37.1. The molecule has 29 heavy (non-hydrogen) atoms. The minimum Gasteiger partial charge on any atom is -0.494 e. The van der Waals surface area contributed by atoms with Crippen LogP contribution < -0.4 is 4.74 Å². The van der Waals surface area contributed by atoms with Crippen molar-refractivity contribution < 1.29 is 27.5 Å². The van der Waals surface area contributed by atoms with Crippen LogP contribution in [0.3, 0.4) is 0 Å². The second-order valence-electron chi connectivity index (χ2n) is 6.69. The maximum atomic E-state index is 12.8. The minimum absolute atomic E-state index is 0.112. The fourth-order valence-electron chi connectivity index (χ4n) is 3.01. The van der Waals surface area contributed by atoms with Crippen LogP contribution >= 0.6 is 0 Å². The number of piperazine rings is 1. The van der Waals surface area contributed by atoms with Crippen LogP contribution in [0.25, 0.3) is 0 Å². The van der Waals surface area contributed by atoms with Crippen molar-refractivity contribution in [3.05, 3.63) is 23.8 Å². The van der Waals surface area contributed by atoms with Crippen molar-refractivity contribution in [2.45, 2.75) is 25.7 Å². The lowest BCUT2D eigenvalue weighted by Crippen LogP contribution is -2.52. The van der Waals surface area contributed by atoms with E-state index in [0.717, 1.165) is 4.31 Å². The molecule has 1 fully saturated rings. The van der Waals surface area contributed by atoms with E-state index in [0.29, 0.717) is 50.7 Å². The molecule has 0 aliphatic carbocycles. The number of hydrogen-bond acceptors (Lipinski definition) is 6. The van der Waals surface area contributed by atoms with Crippen LogP contribution in [0.5, 0.6) is 5.75 Å². The third-order valence-electron chi connectivity index (χ3n) is 4.67. The molecule has 0 unspecified atom stereocenters. The summed E-state index contributed by atoms with van der Waals surface area (Å²) in [4.78, 5) is 27.5. The van der Waals surface area contributed by atoms with E-state index in [-0.39, 0.29) is 17.3 Å². The molecule has 10 heteroatoms. The van der Waals surface area contributed by atoms with Crippen LogP contribution in [0.4, 0.5) is 4.79 Å². The number of carbonyl (C=O) groups is 2. The number of carbonyl (C=O) groups excluding carboxylic acids is 2. The van der Waals surface area contributed by atoms with E-state index in [1.165, 1.54) is 18.0 Å². The van der Waals surface area contributed by atoms with Crippen LogP contribution in [0.1, 0.15) is 19.4 Å². The molecule has 0 bridgehead atoms. The largest absolute Gasteiger partial charge is 0.494 e. The van der Waals surface area contributed by atoms with E-state index < -0.39 is 16.1 Å². The predicted octanol–water partition coefficient (Wildman–Crippen LogP) is 1.31. The average Bonchev–Trinajstić information content (AvgIpc) is 2.69. The van der Waals surface area contributed by atoms with Crippen molar-refractivity contribution in [1.29, 1.82) is 0 Å². The number of benzene rings is 1. The summed E-state index contributed by atoms with van der Waals surface area (Å²) in [7, 11) is -2.43. The summed E-state index contributed by atoms with van der Waals surface area (Å²) in [6.07, 6.45) is -0.398. The van der Waals surface area contributed by atoms with Gasteiger partial charge in [0.1, 0.15) is 5.75 Å². The van der Waals surface area contributed by atoms with Gasteiger partial charge in [-0.05, 0) is 44.5 Å². The molecule has 2 amide bonds. The van der Waals surface area contributed by atoms with Gasteiger partial charge in [0.05, 0.1) is 24.7 Å². The van der Waals surface area contributed by atoms with Gasteiger partial charge >= 0.3 is 6.09 Å². The number of rotatable bonds is 7. The number of ether oxygens (including phenoxy) is 2. The second-order valence-corrected chi connectivity index (χ2v) is 8.73. The average molecular weight is 428 g/mol. The number of aryl methyl sites for hydroxylation is 1. The van der Waals surface area contributed by atoms with Gasteiger partial charge in [0, 0.05) is 33.2 Å². The minimum atomic E-state index is -3.81. The van der Waals surface area contributed by atoms with E-state index in [1.807, 2.05) is 6.92 Å². The lowest BCUT2D eigenvalue weighted by Gasteiger charge is -2.34. The highest BCUT2D eigenvalue weighted by Crippen LogP contribution is 2.23. The molecule has 1 aromatic rings. The van der Waals surface area contributed by atoms with Gasteiger partial charge in [-0.2, -0.15) is 4.31 Å². The van der Waals surface area contributed by atoms with Crippen molar-refractivity contribution in [3.8, 4) is 5.75 Å². The zero-order chi connectivity index (χ0) is 21.6. The van der Waals surface area contributed by atoms with Crippen molar-refractivity contribution in [1.82, 2.24) is 14.1 Å². The fourth-order valence-corrected chi connectivity index (χ4v) is 4.21. The summed E-state index contributed by atoms with van der Waals surface area (Å²) in [5, 5.41) is 0. The Morgan fingerprint density at radius 2 is 1.69 bits per heavy atom. The van der Waals surface area contributed by atoms with Gasteiger partial charge in [0.15, 0.2) is 0 Å². The first kappa shape index (κ1) is 23.0. The molecule has 0 aromatic heterocycles. The number of likely N-dealkylation sites (N-methyl/N-ethyl adjacent to an activating group) is 1. The molecule has 0 spiro atoms. The lowest BCUT2D eigenvalue weighted by atomic mass is 10.2. The molecule has 1 heterocycles. The maximum absolute atomic E-state index is 12.8. The van der Waals surface area contributed by atoms with E-state index in [4.69, 9.17) is 9.47 Å². The molecule has 0 radical (unpaired) electrons. The first-order valence-corrected chi connectivity index (χ1v) is 11.0. The summed E-state index contributed by atoms with van der Waals surface area (Å²) in [6.45, 7) is 7.29. The number of hydrogen-bond donors (Lipinski definition) is 0. The topological polar surface area (TPSA) is 96.5 Å². The van der Waals surface area contributed by atoms with Crippen LogP contribution in [-0.2, 0) is 19.6 Å². The van der Waals surface area contributed by atoms with Crippen molar-refractivity contribution in [2.24, 2.45) is 0 Å². The standard InChI is InChI=1S/C19H29N3O6S/c1-5-27-17-8-7-16(13-15(17)3)29(25,26)20(4)14-18(23)21-9-11-22(12-10-21)19(24)28-6-2/h7-8,13H,5-6,9-12,14H2,1-4H3. The summed E-state index contributed by atoms with van der Waals surface area (Å²) in [5.74, 6) is 0.326. The summed E-state index contributed by atoms with van der Waals surface area (Å²) >= 11 is 0. The monoisotopic (exact) mass is 427 g/mol. The van der Waals surface area contributed by atoms with Crippen LogP contribution in [-0.4, -0.2) is 87.5 Å². The Bertz CT molecular complexity index is 834. The maximum Gasteiger partial charge on any atom is 0.409 e.